The van der Waals surface area contributed by atoms with Crippen LogP contribution in [0.3, 0.4) is 0 Å². The van der Waals surface area contributed by atoms with Crippen molar-refractivity contribution in [2.24, 2.45) is 0 Å². The largest absolute Gasteiger partial charge is 0.501 e. The highest BCUT2D eigenvalue weighted by molar-refractivity contribution is 5.95. The summed E-state index contributed by atoms with van der Waals surface area (Å²) in [5, 5.41) is 12.7. The first-order valence-electron chi connectivity index (χ1n) is 7.70. The molecule has 3 N–H and O–H groups in total. The summed E-state index contributed by atoms with van der Waals surface area (Å²) in [7, 11) is 0. The van der Waals surface area contributed by atoms with Gasteiger partial charge in [-0.05, 0) is 25.0 Å². The third-order valence-corrected chi connectivity index (χ3v) is 3.96. The number of aromatic amines is 1. The van der Waals surface area contributed by atoms with Crippen LogP contribution in [0.1, 0.15) is 42.6 Å². The van der Waals surface area contributed by atoms with Gasteiger partial charge in [-0.25, -0.2) is 4.98 Å². The lowest BCUT2D eigenvalue weighted by molar-refractivity contribution is 0.0919. The first kappa shape index (κ1) is 15.2. The van der Waals surface area contributed by atoms with Gasteiger partial charge in [0.15, 0.2) is 11.5 Å². The lowest BCUT2D eigenvalue weighted by atomic mass is 9.95. The minimum Gasteiger partial charge on any atom is -0.501 e. The van der Waals surface area contributed by atoms with E-state index in [1.165, 1.54) is 6.42 Å². The predicted molar refractivity (Wildman–Crippen MR) is 84.1 cm³/mol. The minimum atomic E-state index is -0.755. The van der Waals surface area contributed by atoms with Gasteiger partial charge < -0.3 is 15.4 Å². The summed E-state index contributed by atoms with van der Waals surface area (Å²) in [6.07, 6.45) is 6.68. The van der Waals surface area contributed by atoms with Gasteiger partial charge in [-0.3, -0.25) is 14.6 Å². The van der Waals surface area contributed by atoms with E-state index in [2.05, 4.69) is 20.3 Å². The molecule has 3 rings (SSSR count). The molecule has 7 heteroatoms. The van der Waals surface area contributed by atoms with Crippen LogP contribution >= 0.6 is 0 Å². The molecular weight excluding hydrogens is 296 g/mol. The maximum atomic E-state index is 12.4. The number of carbonyl (C=O) groups is 1. The van der Waals surface area contributed by atoms with E-state index >= 15 is 0 Å². The molecule has 2 aromatic rings. The van der Waals surface area contributed by atoms with Gasteiger partial charge in [0.1, 0.15) is 5.69 Å². The molecule has 7 nitrogen and oxygen atoms in total. The molecule has 0 aromatic carbocycles. The van der Waals surface area contributed by atoms with Gasteiger partial charge in [-0.2, -0.15) is 0 Å². The molecule has 0 unspecified atom stereocenters. The van der Waals surface area contributed by atoms with Crippen LogP contribution in [-0.2, 0) is 0 Å². The number of hydrogen-bond donors (Lipinski definition) is 3. The molecule has 2 aromatic heterocycles. The van der Waals surface area contributed by atoms with Crippen molar-refractivity contribution in [3.05, 3.63) is 40.4 Å². The predicted octanol–water partition coefficient (Wildman–Crippen LogP) is 1.60. The van der Waals surface area contributed by atoms with Crippen LogP contribution in [0, 0.1) is 0 Å². The second-order valence-electron chi connectivity index (χ2n) is 5.64. The molecule has 1 aliphatic carbocycles. The van der Waals surface area contributed by atoms with Gasteiger partial charge in [0.05, 0.1) is 0 Å². The van der Waals surface area contributed by atoms with Gasteiger partial charge in [-0.1, -0.05) is 25.3 Å². The Morgan fingerprint density at radius 2 is 2.04 bits per heavy atom. The lowest BCUT2D eigenvalue weighted by Gasteiger charge is -2.22. The first-order valence-corrected chi connectivity index (χ1v) is 7.70. The standard InChI is InChI=1S/C16H18N4O3/c21-13-12(15(22)18-10-6-2-1-3-7-10)19-14(20-16(13)23)11-8-4-5-9-17-11/h4-5,8-10,21H,1-3,6-7H2,(H,18,22)(H,19,20,23). The highest BCUT2D eigenvalue weighted by Crippen LogP contribution is 2.19. The topological polar surface area (TPSA) is 108 Å². The van der Waals surface area contributed by atoms with E-state index in [1.807, 2.05) is 0 Å². The number of amides is 1. The number of hydrogen-bond acceptors (Lipinski definition) is 5. The molecular formula is C16H18N4O3. The van der Waals surface area contributed by atoms with E-state index in [-0.39, 0.29) is 17.6 Å². The number of nitrogens with one attached hydrogen (secondary N) is 2. The minimum absolute atomic E-state index is 0.0649. The number of pyridine rings is 1. The van der Waals surface area contributed by atoms with E-state index in [9.17, 15) is 14.7 Å². The number of nitrogens with zero attached hydrogens (tertiary/aromatic N) is 2. The molecule has 1 fully saturated rings. The van der Waals surface area contributed by atoms with Crippen molar-refractivity contribution >= 4 is 5.91 Å². The van der Waals surface area contributed by atoms with E-state index in [0.717, 1.165) is 25.7 Å². The zero-order valence-corrected chi connectivity index (χ0v) is 12.6. The van der Waals surface area contributed by atoms with E-state index in [1.54, 1.807) is 24.4 Å². The fourth-order valence-corrected chi connectivity index (χ4v) is 2.75. The number of aromatic nitrogens is 3. The second kappa shape index (κ2) is 6.60. The van der Waals surface area contributed by atoms with Crippen molar-refractivity contribution < 1.29 is 9.90 Å². The molecule has 1 amide bonds. The Hall–Kier alpha value is -2.70. The molecule has 0 radical (unpaired) electrons. The van der Waals surface area contributed by atoms with Crippen molar-refractivity contribution in [1.29, 1.82) is 0 Å². The molecule has 0 saturated heterocycles. The Kier molecular flexibility index (Phi) is 4.36. The van der Waals surface area contributed by atoms with Crippen LogP contribution in [0.2, 0.25) is 0 Å². The summed E-state index contributed by atoms with van der Waals surface area (Å²) in [4.78, 5) is 34.9. The second-order valence-corrected chi connectivity index (χ2v) is 5.64. The van der Waals surface area contributed by atoms with Gasteiger partial charge in [0.2, 0.25) is 5.75 Å². The SMILES string of the molecule is O=C(NC1CCCCC1)c1nc(-c2ccccn2)[nH]c(=O)c1O. The first-order chi connectivity index (χ1) is 11.1. The summed E-state index contributed by atoms with van der Waals surface area (Å²) >= 11 is 0. The zero-order chi connectivity index (χ0) is 16.2. The Morgan fingerprint density at radius 3 is 2.74 bits per heavy atom. The Morgan fingerprint density at radius 1 is 1.26 bits per heavy atom. The monoisotopic (exact) mass is 314 g/mol. The quantitative estimate of drug-likeness (QED) is 0.797. The van der Waals surface area contributed by atoms with Crippen LogP contribution in [0.25, 0.3) is 11.5 Å². The fourth-order valence-electron chi connectivity index (χ4n) is 2.75. The van der Waals surface area contributed by atoms with Gasteiger partial charge in [0.25, 0.3) is 11.5 Å². The maximum Gasteiger partial charge on any atom is 0.294 e. The number of H-pyrrole nitrogens is 1. The molecule has 0 aliphatic heterocycles. The van der Waals surface area contributed by atoms with Gasteiger partial charge in [0, 0.05) is 12.2 Å². The molecule has 2 heterocycles. The van der Waals surface area contributed by atoms with Crippen LogP contribution in [0.5, 0.6) is 5.75 Å². The third kappa shape index (κ3) is 3.39. The number of carbonyl (C=O) groups excluding carboxylic acids is 1. The van der Waals surface area contributed by atoms with Crippen molar-refractivity contribution in [1.82, 2.24) is 20.3 Å². The number of rotatable bonds is 3. The summed E-state index contributed by atoms with van der Waals surface area (Å²) in [6.45, 7) is 0. The van der Waals surface area contributed by atoms with Crippen molar-refractivity contribution in [3.63, 3.8) is 0 Å². The average Bonchev–Trinajstić information content (AvgIpc) is 2.58. The van der Waals surface area contributed by atoms with E-state index < -0.39 is 17.2 Å². The van der Waals surface area contributed by atoms with Crippen LogP contribution < -0.4 is 10.9 Å². The Labute approximate surface area is 132 Å². The summed E-state index contributed by atoms with van der Waals surface area (Å²) in [5.74, 6) is -1.04. The molecule has 1 aliphatic rings. The zero-order valence-electron chi connectivity index (χ0n) is 12.6. The van der Waals surface area contributed by atoms with Gasteiger partial charge in [-0.15, -0.1) is 0 Å². The van der Waals surface area contributed by atoms with Crippen molar-refractivity contribution in [2.75, 3.05) is 0 Å². The van der Waals surface area contributed by atoms with E-state index in [4.69, 9.17) is 0 Å². The molecule has 0 spiro atoms. The third-order valence-electron chi connectivity index (χ3n) is 3.96. The van der Waals surface area contributed by atoms with Crippen molar-refractivity contribution in [3.8, 4) is 17.3 Å². The molecule has 1 saturated carbocycles. The summed E-state index contributed by atoms with van der Waals surface area (Å²) in [6, 6.07) is 5.21. The van der Waals surface area contributed by atoms with Crippen LogP contribution in [-0.4, -0.2) is 32.0 Å². The maximum absolute atomic E-state index is 12.4. The summed E-state index contributed by atoms with van der Waals surface area (Å²) < 4.78 is 0. The molecule has 0 atom stereocenters. The average molecular weight is 314 g/mol. The van der Waals surface area contributed by atoms with Crippen LogP contribution in [0.15, 0.2) is 29.2 Å². The molecule has 120 valence electrons. The van der Waals surface area contributed by atoms with Crippen LogP contribution in [0.4, 0.5) is 0 Å². The van der Waals surface area contributed by atoms with Gasteiger partial charge >= 0.3 is 0 Å². The van der Waals surface area contributed by atoms with E-state index in [0.29, 0.717) is 5.69 Å². The highest BCUT2D eigenvalue weighted by Gasteiger charge is 2.22. The molecule has 0 bridgehead atoms. The smallest absolute Gasteiger partial charge is 0.294 e. The fraction of sp³-hybridized carbons (Fsp3) is 0.375. The molecule has 23 heavy (non-hydrogen) atoms. The number of aromatic hydroxyl groups is 1. The lowest BCUT2D eigenvalue weighted by Crippen LogP contribution is -2.37. The Bertz CT molecular complexity index is 752. The highest BCUT2D eigenvalue weighted by atomic mass is 16.3. The Balaban J connectivity index is 1.90. The normalized spacial score (nSPS) is 15.3. The van der Waals surface area contributed by atoms with Crippen molar-refractivity contribution in [2.45, 2.75) is 38.1 Å². The summed E-state index contributed by atoms with van der Waals surface area (Å²) in [5.41, 5.74) is -0.592.